The molecule has 0 aliphatic rings. The fraction of sp³-hybridized carbons (Fsp3) is 0.455. The molecule has 1 aromatic carbocycles. The molecule has 0 saturated carbocycles. The van der Waals surface area contributed by atoms with Crippen molar-refractivity contribution in [3.8, 4) is 0 Å². The van der Waals surface area contributed by atoms with E-state index in [2.05, 4.69) is 4.72 Å². The van der Waals surface area contributed by atoms with E-state index in [1.807, 2.05) is 0 Å². The molecule has 0 radical (unpaired) electrons. The second-order valence-electron chi connectivity index (χ2n) is 4.14. The van der Waals surface area contributed by atoms with E-state index < -0.39 is 21.8 Å². The summed E-state index contributed by atoms with van der Waals surface area (Å²) in [6.45, 7) is 0.352. The van der Waals surface area contributed by atoms with E-state index in [0.29, 0.717) is 25.5 Å². The van der Waals surface area contributed by atoms with Crippen molar-refractivity contribution in [2.75, 3.05) is 17.0 Å². The van der Waals surface area contributed by atoms with E-state index in [-0.39, 0.29) is 16.5 Å². The van der Waals surface area contributed by atoms with Crippen LogP contribution in [0.15, 0.2) is 18.2 Å². The minimum absolute atomic E-state index is 0.195. The van der Waals surface area contributed by atoms with Crippen LogP contribution in [0.25, 0.3) is 0 Å². The first-order valence-corrected chi connectivity index (χ1v) is 7.75. The molecule has 0 aliphatic heterocycles. The standard InChI is InChI=1S/C11H14ClF3N2O2S/c12-9-5-8(11(13,14)15)6-10(7-9)17-20(18,19)4-2-1-3-16/h5-7,17H,1-4,16H2. The van der Waals surface area contributed by atoms with Crippen LogP contribution in [0.2, 0.25) is 5.02 Å². The van der Waals surface area contributed by atoms with E-state index in [1.165, 1.54) is 0 Å². The Morgan fingerprint density at radius 3 is 2.40 bits per heavy atom. The van der Waals surface area contributed by atoms with Crippen LogP contribution in [-0.4, -0.2) is 20.7 Å². The minimum atomic E-state index is -4.59. The van der Waals surface area contributed by atoms with Crippen molar-refractivity contribution in [3.05, 3.63) is 28.8 Å². The van der Waals surface area contributed by atoms with Crippen molar-refractivity contribution in [1.82, 2.24) is 0 Å². The van der Waals surface area contributed by atoms with Crippen LogP contribution in [0.5, 0.6) is 0 Å². The zero-order valence-electron chi connectivity index (χ0n) is 10.4. The molecule has 0 atom stereocenters. The van der Waals surface area contributed by atoms with Crippen molar-refractivity contribution in [2.45, 2.75) is 19.0 Å². The van der Waals surface area contributed by atoms with Crippen LogP contribution in [0, 0.1) is 0 Å². The molecule has 0 fully saturated rings. The molecule has 0 amide bonds. The van der Waals surface area contributed by atoms with E-state index in [1.54, 1.807) is 0 Å². The summed E-state index contributed by atoms with van der Waals surface area (Å²) in [5.74, 6) is -0.210. The van der Waals surface area contributed by atoms with Gasteiger partial charge in [0.05, 0.1) is 17.0 Å². The second kappa shape index (κ2) is 6.64. The Hall–Kier alpha value is -0.990. The third-order valence-electron chi connectivity index (χ3n) is 2.37. The molecule has 114 valence electrons. The van der Waals surface area contributed by atoms with Crippen LogP contribution in [-0.2, 0) is 16.2 Å². The molecule has 0 bridgehead atoms. The molecule has 4 nitrogen and oxygen atoms in total. The molecular weight excluding hydrogens is 317 g/mol. The first-order chi connectivity index (χ1) is 9.14. The summed E-state index contributed by atoms with van der Waals surface area (Å²) < 4.78 is 63.2. The molecule has 0 heterocycles. The minimum Gasteiger partial charge on any atom is -0.330 e. The largest absolute Gasteiger partial charge is 0.416 e. The first kappa shape index (κ1) is 17.1. The smallest absolute Gasteiger partial charge is 0.330 e. The number of nitrogens with two attached hydrogens (primary N) is 1. The van der Waals surface area contributed by atoms with Gasteiger partial charge in [-0.1, -0.05) is 11.6 Å². The molecule has 1 aromatic rings. The van der Waals surface area contributed by atoms with Gasteiger partial charge in [0.1, 0.15) is 0 Å². The number of hydrogen-bond acceptors (Lipinski definition) is 3. The van der Waals surface area contributed by atoms with Gasteiger partial charge in [0.15, 0.2) is 0 Å². The maximum atomic E-state index is 12.6. The number of sulfonamides is 1. The summed E-state index contributed by atoms with van der Waals surface area (Å²) in [5, 5.41) is -0.195. The van der Waals surface area contributed by atoms with Crippen molar-refractivity contribution in [1.29, 1.82) is 0 Å². The van der Waals surface area contributed by atoms with Crippen LogP contribution in [0.4, 0.5) is 18.9 Å². The zero-order valence-corrected chi connectivity index (χ0v) is 11.9. The summed E-state index contributed by atoms with van der Waals surface area (Å²) in [5.41, 5.74) is 4.02. The summed E-state index contributed by atoms with van der Waals surface area (Å²) >= 11 is 5.56. The summed E-state index contributed by atoms with van der Waals surface area (Å²) in [6, 6.07) is 2.55. The summed E-state index contributed by atoms with van der Waals surface area (Å²) in [7, 11) is -3.72. The van der Waals surface area contributed by atoms with Gasteiger partial charge in [-0.2, -0.15) is 13.2 Å². The van der Waals surface area contributed by atoms with Crippen molar-refractivity contribution in [2.24, 2.45) is 5.73 Å². The fourth-order valence-corrected chi connectivity index (χ4v) is 2.88. The fourth-order valence-electron chi connectivity index (χ4n) is 1.48. The molecule has 0 saturated heterocycles. The topological polar surface area (TPSA) is 72.2 Å². The van der Waals surface area contributed by atoms with Gasteiger partial charge in [-0.15, -0.1) is 0 Å². The van der Waals surface area contributed by atoms with Crippen LogP contribution in [0.1, 0.15) is 18.4 Å². The highest BCUT2D eigenvalue weighted by atomic mass is 35.5. The summed E-state index contributed by atoms with van der Waals surface area (Å²) in [4.78, 5) is 0. The molecule has 0 unspecified atom stereocenters. The Morgan fingerprint density at radius 1 is 1.20 bits per heavy atom. The summed E-state index contributed by atoms with van der Waals surface area (Å²) in [6.07, 6.45) is -3.74. The second-order valence-corrected chi connectivity index (χ2v) is 6.42. The third-order valence-corrected chi connectivity index (χ3v) is 3.96. The highest BCUT2D eigenvalue weighted by Crippen LogP contribution is 2.33. The lowest BCUT2D eigenvalue weighted by Gasteiger charge is -2.12. The molecule has 3 N–H and O–H groups in total. The number of unbranched alkanes of at least 4 members (excludes halogenated alkanes) is 1. The molecule has 0 aliphatic carbocycles. The van der Waals surface area contributed by atoms with Crippen molar-refractivity contribution >= 4 is 27.3 Å². The molecular formula is C11H14ClF3N2O2S. The predicted octanol–water partition coefficient (Wildman–Crippen LogP) is 2.84. The van der Waals surface area contributed by atoms with Gasteiger partial charge in [-0.25, -0.2) is 8.42 Å². The van der Waals surface area contributed by atoms with E-state index in [4.69, 9.17) is 17.3 Å². The lowest BCUT2D eigenvalue weighted by Crippen LogP contribution is -2.18. The normalized spacial score (nSPS) is 12.4. The number of nitrogens with one attached hydrogen (secondary N) is 1. The predicted molar refractivity (Wildman–Crippen MR) is 72.2 cm³/mol. The number of benzene rings is 1. The van der Waals surface area contributed by atoms with E-state index >= 15 is 0 Å². The van der Waals surface area contributed by atoms with Gasteiger partial charge < -0.3 is 5.73 Å². The molecule has 9 heteroatoms. The average Bonchev–Trinajstić information content (AvgIpc) is 2.26. The number of anilines is 1. The Balaban J connectivity index is 2.90. The zero-order chi connectivity index (χ0) is 15.4. The number of halogens is 4. The highest BCUT2D eigenvalue weighted by Gasteiger charge is 2.31. The Labute approximate surface area is 120 Å². The van der Waals surface area contributed by atoms with Crippen LogP contribution < -0.4 is 10.5 Å². The number of alkyl halides is 3. The lowest BCUT2D eigenvalue weighted by molar-refractivity contribution is -0.137. The van der Waals surface area contributed by atoms with Gasteiger partial charge in [0.25, 0.3) is 0 Å². The van der Waals surface area contributed by atoms with Gasteiger partial charge in [0, 0.05) is 5.02 Å². The molecule has 1 rings (SSSR count). The first-order valence-electron chi connectivity index (χ1n) is 5.72. The maximum Gasteiger partial charge on any atom is 0.416 e. The van der Waals surface area contributed by atoms with E-state index in [9.17, 15) is 21.6 Å². The van der Waals surface area contributed by atoms with E-state index in [0.717, 1.165) is 12.1 Å². The average molecular weight is 331 g/mol. The van der Waals surface area contributed by atoms with Gasteiger partial charge >= 0.3 is 6.18 Å². The molecule has 20 heavy (non-hydrogen) atoms. The number of hydrogen-bond donors (Lipinski definition) is 2. The Kier molecular flexibility index (Phi) is 5.67. The SMILES string of the molecule is NCCCCS(=O)(=O)Nc1cc(Cl)cc(C(F)(F)F)c1. The highest BCUT2D eigenvalue weighted by molar-refractivity contribution is 7.92. The molecule has 0 aromatic heterocycles. The monoisotopic (exact) mass is 330 g/mol. The molecule has 0 spiro atoms. The lowest BCUT2D eigenvalue weighted by atomic mass is 10.2. The van der Waals surface area contributed by atoms with Crippen LogP contribution >= 0.6 is 11.6 Å². The van der Waals surface area contributed by atoms with Crippen LogP contribution in [0.3, 0.4) is 0 Å². The quantitative estimate of drug-likeness (QED) is 0.788. The van der Waals surface area contributed by atoms with Gasteiger partial charge in [-0.3, -0.25) is 4.72 Å². The Morgan fingerprint density at radius 2 is 1.85 bits per heavy atom. The van der Waals surface area contributed by atoms with Crippen molar-refractivity contribution < 1.29 is 21.6 Å². The van der Waals surface area contributed by atoms with Gasteiger partial charge in [-0.05, 0) is 37.6 Å². The number of rotatable bonds is 6. The third kappa shape index (κ3) is 5.56. The van der Waals surface area contributed by atoms with Crippen molar-refractivity contribution in [3.63, 3.8) is 0 Å². The van der Waals surface area contributed by atoms with Gasteiger partial charge in [0.2, 0.25) is 10.0 Å². The maximum absolute atomic E-state index is 12.6. The Bertz CT molecular complexity index is 561.